The van der Waals surface area contributed by atoms with Crippen molar-refractivity contribution in [1.82, 2.24) is 10.2 Å². The quantitative estimate of drug-likeness (QED) is 0.762. The molecular weight excluding hydrogens is 190 g/mol. The molecule has 0 aliphatic carbocycles. The molecule has 1 atom stereocenters. The Morgan fingerprint density at radius 3 is 2.85 bits per heavy atom. The molecule has 0 aromatic carbocycles. The lowest BCUT2D eigenvalue weighted by molar-refractivity contribution is 0.225. The number of hydrogen-bond donors (Lipinski definition) is 1. The van der Waals surface area contributed by atoms with Crippen LogP contribution in [-0.2, 0) is 0 Å². The first-order chi connectivity index (χ1) is 6.31. The number of aromatic nitrogens is 2. The van der Waals surface area contributed by atoms with Crippen LogP contribution in [0.2, 0.25) is 5.15 Å². The maximum absolute atomic E-state index is 8.96. The molecule has 0 radical (unpaired) electrons. The van der Waals surface area contributed by atoms with Gasteiger partial charge in [-0.3, -0.25) is 0 Å². The Hall–Kier alpha value is -0.870. The highest BCUT2D eigenvalue weighted by Gasteiger charge is 2.28. The summed E-state index contributed by atoms with van der Waals surface area (Å²) in [5, 5.41) is 17.0. The van der Waals surface area contributed by atoms with E-state index in [9.17, 15) is 0 Å². The van der Waals surface area contributed by atoms with Crippen LogP contribution in [0, 0.1) is 0 Å². The van der Waals surface area contributed by atoms with Crippen LogP contribution >= 0.6 is 11.6 Å². The molecule has 0 unspecified atom stereocenters. The van der Waals surface area contributed by atoms with Gasteiger partial charge in [-0.2, -0.15) is 0 Å². The Morgan fingerprint density at radius 1 is 1.54 bits per heavy atom. The second-order valence-corrected chi connectivity index (χ2v) is 3.42. The molecule has 1 aliphatic rings. The third-order valence-corrected chi connectivity index (χ3v) is 2.47. The van der Waals surface area contributed by atoms with Gasteiger partial charge in [-0.1, -0.05) is 11.6 Å². The molecule has 1 aromatic rings. The summed E-state index contributed by atoms with van der Waals surface area (Å²) in [6, 6.07) is 3.73. The van der Waals surface area contributed by atoms with Crippen LogP contribution in [0.1, 0.15) is 6.42 Å². The zero-order valence-electron chi connectivity index (χ0n) is 7.02. The first-order valence-electron chi connectivity index (χ1n) is 4.18. The highest BCUT2D eigenvalue weighted by Crippen LogP contribution is 2.23. The van der Waals surface area contributed by atoms with Gasteiger partial charge in [-0.15, -0.1) is 10.2 Å². The minimum Gasteiger partial charge on any atom is -0.394 e. The van der Waals surface area contributed by atoms with Crippen molar-refractivity contribution in [2.75, 3.05) is 18.1 Å². The molecule has 4 nitrogen and oxygen atoms in total. The largest absolute Gasteiger partial charge is 0.394 e. The summed E-state index contributed by atoms with van der Waals surface area (Å²) in [4.78, 5) is 2.02. The highest BCUT2D eigenvalue weighted by atomic mass is 35.5. The van der Waals surface area contributed by atoms with Gasteiger partial charge in [0.2, 0.25) is 0 Å². The van der Waals surface area contributed by atoms with Gasteiger partial charge in [0.1, 0.15) is 0 Å². The minimum atomic E-state index is 0.171. The summed E-state index contributed by atoms with van der Waals surface area (Å²) in [7, 11) is 0. The van der Waals surface area contributed by atoms with E-state index in [2.05, 4.69) is 10.2 Å². The van der Waals surface area contributed by atoms with E-state index in [4.69, 9.17) is 16.7 Å². The van der Waals surface area contributed by atoms with E-state index in [0.29, 0.717) is 5.15 Å². The van der Waals surface area contributed by atoms with Gasteiger partial charge >= 0.3 is 0 Å². The van der Waals surface area contributed by atoms with Crippen LogP contribution in [0.3, 0.4) is 0 Å². The van der Waals surface area contributed by atoms with Crippen LogP contribution in [0.5, 0.6) is 0 Å². The first-order valence-corrected chi connectivity index (χ1v) is 4.56. The van der Waals surface area contributed by atoms with Gasteiger partial charge < -0.3 is 10.0 Å². The average Bonchev–Trinajstić information content (AvgIpc) is 2.08. The summed E-state index contributed by atoms with van der Waals surface area (Å²) in [6.07, 6.45) is 1.01. The standard InChI is InChI=1S/C8H10ClN3O/c9-7-1-2-8(11-10-7)12-4-3-6(12)5-13/h1-2,6,13H,3-5H2/t6-/m0/s1. The van der Waals surface area contributed by atoms with Crippen LogP contribution in [0.25, 0.3) is 0 Å². The van der Waals surface area contributed by atoms with Gasteiger partial charge in [0, 0.05) is 6.54 Å². The molecule has 5 heteroatoms. The number of rotatable bonds is 2. The molecule has 1 N–H and O–H groups in total. The lowest BCUT2D eigenvalue weighted by atomic mass is 10.0. The molecule has 1 aromatic heterocycles. The molecule has 0 bridgehead atoms. The van der Waals surface area contributed by atoms with Gasteiger partial charge in [-0.05, 0) is 18.6 Å². The number of anilines is 1. The van der Waals surface area contributed by atoms with E-state index in [1.165, 1.54) is 0 Å². The third kappa shape index (κ3) is 1.59. The van der Waals surface area contributed by atoms with Gasteiger partial charge in [0.25, 0.3) is 0 Å². The molecule has 13 heavy (non-hydrogen) atoms. The lowest BCUT2D eigenvalue weighted by Crippen LogP contribution is -2.50. The third-order valence-electron chi connectivity index (χ3n) is 2.27. The Kier molecular flexibility index (Phi) is 2.33. The fourth-order valence-electron chi connectivity index (χ4n) is 1.39. The van der Waals surface area contributed by atoms with Crippen molar-refractivity contribution >= 4 is 17.4 Å². The van der Waals surface area contributed by atoms with E-state index in [1.54, 1.807) is 6.07 Å². The summed E-state index contributed by atoms with van der Waals surface area (Å²) < 4.78 is 0. The topological polar surface area (TPSA) is 49.2 Å². The van der Waals surface area contributed by atoms with Crippen molar-refractivity contribution in [2.24, 2.45) is 0 Å². The summed E-state index contributed by atoms with van der Waals surface area (Å²) in [5.41, 5.74) is 0. The number of halogens is 1. The smallest absolute Gasteiger partial charge is 0.151 e. The van der Waals surface area contributed by atoms with Gasteiger partial charge in [-0.25, -0.2) is 0 Å². The summed E-state index contributed by atoms with van der Waals surface area (Å²) >= 11 is 5.61. The predicted molar refractivity (Wildman–Crippen MR) is 49.9 cm³/mol. The summed E-state index contributed by atoms with van der Waals surface area (Å²) in [5.74, 6) is 0.787. The Labute approximate surface area is 81.2 Å². The number of nitrogens with zero attached hydrogens (tertiary/aromatic N) is 3. The van der Waals surface area contributed by atoms with Crippen molar-refractivity contribution in [2.45, 2.75) is 12.5 Å². The van der Waals surface area contributed by atoms with E-state index in [0.717, 1.165) is 18.8 Å². The SMILES string of the molecule is OC[C@@H]1CCN1c1ccc(Cl)nn1. The molecular formula is C8H10ClN3O. The van der Waals surface area contributed by atoms with E-state index in [-0.39, 0.29) is 12.6 Å². The second kappa shape index (κ2) is 3.47. The number of aliphatic hydroxyl groups is 1. The van der Waals surface area contributed by atoms with Gasteiger partial charge in [0.05, 0.1) is 12.6 Å². The molecule has 0 spiro atoms. The maximum Gasteiger partial charge on any atom is 0.151 e. The normalized spacial score (nSPS) is 21.4. The maximum atomic E-state index is 8.96. The fourth-order valence-corrected chi connectivity index (χ4v) is 1.50. The molecule has 1 fully saturated rings. The van der Waals surface area contributed by atoms with E-state index in [1.807, 2.05) is 11.0 Å². The first kappa shape index (κ1) is 8.72. The summed E-state index contributed by atoms with van der Waals surface area (Å²) in [6.45, 7) is 1.10. The molecule has 70 valence electrons. The van der Waals surface area contributed by atoms with Crippen molar-refractivity contribution in [3.8, 4) is 0 Å². The monoisotopic (exact) mass is 199 g/mol. The molecule has 2 rings (SSSR count). The molecule has 1 saturated heterocycles. The zero-order valence-corrected chi connectivity index (χ0v) is 7.78. The Balaban J connectivity index is 2.12. The lowest BCUT2D eigenvalue weighted by Gasteiger charge is -2.40. The molecule has 2 heterocycles. The predicted octanol–water partition coefficient (Wildman–Crippen LogP) is 0.701. The Morgan fingerprint density at radius 2 is 2.38 bits per heavy atom. The van der Waals surface area contributed by atoms with Crippen LogP contribution < -0.4 is 4.90 Å². The van der Waals surface area contributed by atoms with Crippen molar-refractivity contribution < 1.29 is 5.11 Å². The number of aliphatic hydroxyl groups excluding tert-OH is 1. The molecule has 0 amide bonds. The highest BCUT2D eigenvalue weighted by molar-refractivity contribution is 6.29. The number of hydrogen-bond acceptors (Lipinski definition) is 4. The average molecular weight is 200 g/mol. The van der Waals surface area contributed by atoms with Crippen LogP contribution in [0.4, 0.5) is 5.82 Å². The molecule has 1 aliphatic heterocycles. The minimum absolute atomic E-state index is 0.171. The molecule has 0 saturated carbocycles. The van der Waals surface area contributed by atoms with Crippen LogP contribution in [-0.4, -0.2) is 34.5 Å². The van der Waals surface area contributed by atoms with Gasteiger partial charge in [0.15, 0.2) is 11.0 Å². The van der Waals surface area contributed by atoms with Crippen molar-refractivity contribution in [3.63, 3.8) is 0 Å². The van der Waals surface area contributed by atoms with Crippen molar-refractivity contribution in [3.05, 3.63) is 17.3 Å². The van der Waals surface area contributed by atoms with Crippen LogP contribution in [0.15, 0.2) is 12.1 Å². The zero-order chi connectivity index (χ0) is 9.26. The Bertz CT molecular complexity index is 288. The van der Waals surface area contributed by atoms with Crippen molar-refractivity contribution in [1.29, 1.82) is 0 Å². The fraction of sp³-hybridized carbons (Fsp3) is 0.500. The van der Waals surface area contributed by atoms with E-state index < -0.39 is 0 Å². The van der Waals surface area contributed by atoms with E-state index >= 15 is 0 Å². The second-order valence-electron chi connectivity index (χ2n) is 3.03.